The lowest BCUT2D eigenvalue weighted by atomic mass is 10.1. The van der Waals surface area contributed by atoms with E-state index in [-0.39, 0.29) is 5.63 Å². The van der Waals surface area contributed by atoms with E-state index in [4.69, 9.17) is 14.1 Å². The van der Waals surface area contributed by atoms with E-state index in [1.807, 2.05) is 18.2 Å². The fourth-order valence-corrected chi connectivity index (χ4v) is 5.30. The smallest absolute Gasteiger partial charge is 0.336 e. The standard InChI is InChI=1S/C24H25N3O3S/c1-16(24-25-20-5-3-4-6-22(20)31-24)27-11-9-26(10-12-27)15-17-13-23(28)30-21-14-18(29-2)7-8-19(17)21/h3-8,13-14,16H,9-12,15H2,1-2H3. The fraction of sp³-hybridized carbons (Fsp3) is 0.333. The highest BCUT2D eigenvalue weighted by Crippen LogP contribution is 2.30. The van der Waals surface area contributed by atoms with Crippen LogP contribution in [0.15, 0.2) is 57.7 Å². The summed E-state index contributed by atoms with van der Waals surface area (Å²) in [7, 11) is 1.61. The Labute approximate surface area is 184 Å². The Morgan fingerprint density at radius 2 is 1.94 bits per heavy atom. The molecule has 0 N–H and O–H groups in total. The van der Waals surface area contributed by atoms with Crippen LogP contribution >= 0.6 is 11.3 Å². The van der Waals surface area contributed by atoms with Gasteiger partial charge in [-0.15, -0.1) is 11.3 Å². The molecule has 0 spiro atoms. The number of rotatable bonds is 5. The normalized spacial score (nSPS) is 16.7. The number of hydrogen-bond acceptors (Lipinski definition) is 7. The van der Waals surface area contributed by atoms with Crippen molar-refractivity contribution >= 4 is 32.5 Å². The number of para-hydroxylation sites is 1. The Bertz CT molecular complexity index is 1240. The Morgan fingerprint density at radius 1 is 1.13 bits per heavy atom. The summed E-state index contributed by atoms with van der Waals surface area (Å²) >= 11 is 1.79. The van der Waals surface area contributed by atoms with Crippen LogP contribution in [0.3, 0.4) is 0 Å². The van der Waals surface area contributed by atoms with Gasteiger partial charge in [-0.25, -0.2) is 9.78 Å². The van der Waals surface area contributed by atoms with E-state index in [0.717, 1.165) is 49.2 Å². The number of fused-ring (bicyclic) bond motifs is 2. The maximum atomic E-state index is 12.1. The van der Waals surface area contributed by atoms with Crippen molar-refractivity contribution in [3.8, 4) is 5.75 Å². The van der Waals surface area contributed by atoms with Gasteiger partial charge in [0.15, 0.2) is 0 Å². The average molecular weight is 436 g/mol. The molecule has 5 rings (SSSR count). The third-order valence-corrected chi connectivity index (χ3v) is 7.26. The molecule has 1 atom stereocenters. The molecule has 160 valence electrons. The quantitative estimate of drug-likeness (QED) is 0.436. The maximum absolute atomic E-state index is 12.1. The summed E-state index contributed by atoms with van der Waals surface area (Å²) in [4.78, 5) is 21.8. The molecule has 3 heterocycles. The number of nitrogens with zero attached hydrogens (tertiary/aromatic N) is 3. The van der Waals surface area contributed by atoms with E-state index >= 15 is 0 Å². The fourth-order valence-electron chi connectivity index (χ4n) is 4.24. The number of piperazine rings is 1. The van der Waals surface area contributed by atoms with Gasteiger partial charge in [0.25, 0.3) is 0 Å². The highest BCUT2D eigenvalue weighted by atomic mass is 32.1. The minimum Gasteiger partial charge on any atom is -0.497 e. The van der Waals surface area contributed by atoms with Crippen LogP contribution in [-0.2, 0) is 6.54 Å². The zero-order chi connectivity index (χ0) is 21.4. The molecule has 1 aliphatic rings. The number of methoxy groups -OCH3 is 1. The molecule has 0 radical (unpaired) electrons. The van der Waals surface area contributed by atoms with Crippen LogP contribution < -0.4 is 10.4 Å². The highest BCUT2D eigenvalue weighted by molar-refractivity contribution is 7.18. The lowest BCUT2D eigenvalue weighted by molar-refractivity contribution is 0.0980. The maximum Gasteiger partial charge on any atom is 0.336 e. The van der Waals surface area contributed by atoms with E-state index in [1.54, 1.807) is 30.6 Å². The zero-order valence-corrected chi connectivity index (χ0v) is 18.5. The first kappa shape index (κ1) is 20.2. The topological polar surface area (TPSA) is 58.8 Å². The van der Waals surface area contributed by atoms with E-state index in [0.29, 0.717) is 17.4 Å². The third kappa shape index (κ3) is 4.08. The number of benzene rings is 2. The van der Waals surface area contributed by atoms with Gasteiger partial charge in [-0.05, 0) is 36.8 Å². The van der Waals surface area contributed by atoms with Crippen molar-refractivity contribution in [1.29, 1.82) is 0 Å². The minimum absolute atomic E-state index is 0.302. The van der Waals surface area contributed by atoms with Gasteiger partial charge in [0.05, 0.1) is 23.4 Å². The Morgan fingerprint density at radius 3 is 2.71 bits per heavy atom. The molecule has 0 aliphatic carbocycles. The summed E-state index contributed by atoms with van der Waals surface area (Å²) < 4.78 is 11.9. The van der Waals surface area contributed by atoms with Crippen LogP contribution in [-0.4, -0.2) is 48.1 Å². The second kappa shape index (κ2) is 8.42. The molecule has 2 aromatic carbocycles. The summed E-state index contributed by atoms with van der Waals surface area (Å²) in [5, 5.41) is 2.14. The largest absolute Gasteiger partial charge is 0.497 e. The zero-order valence-electron chi connectivity index (χ0n) is 17.7. The summed E-state index contributed by atoms with van der Waals surface area (Å²) in [6.07, 6.45) is 0. The summed E-state index contributed by atoms with van der Waals surface area (Å²) in [6, 6.07) is 15.9. The molecule has 2 aromatic heterocycles. The second-order valence-electron chi connectivity index (χ2n) is 7.96. The molecule has 6 nitrogen and oxygen atoms in total. The predicted octanol–water partition coefficient (Wildman–Crippen LogP) is 4.29. The third-order valence-electron chi connectivity index (χ3n) is 6.05. The molecule has 1 fully saturated rings. The van der Waals surface area contributed by atoms with Crippen molar-refractivity contribution in [2.45, 2.75) is 19.5 Å². The molecular weight excluding hydrogens is 410 g/mol. The van der Waals surface area contributed by atoms with E-state index < -0.39 is 0 Å². The van der Waals surface area contributed by atoms with Gasteiger partial charge >= 0.3 is 5.63 Å². The van der Waals surface area contributed by atoms with Crippen molar-refractivity contribution < 1.29 is 9.15 Å². The number of hydrogen-bond donors (Lipinski definition) is 0. The molecule has 7 heteroatoms. The SMILES string of the molecule is COc1ccc2c(CN3CCN(C(C)c4nc5ccccc5s4)CC3)cc(=O)oc2c1. The molecule has 0 bridgehead atoms. The number of ether oxygens (including phenoxy) is 1. The number of aromatic nitrogens is 1. The van der Waals surface area contributed by atoms with Crippen molar-refractivity contribution in [3.05, 3.63) is 69.5 Å². The van der Waals surface area contributed by atoms with Crippen molar-refractivity contribution in [3.63, 3.8) is 0 Å². The first-order chi connectivity index (χ1) is 15.1. The van der Waals surface area contributed by atoms with Crippen molar-refractivity contribution in [1.82, 2.24) is 14.8 Å². The van der Waals surface area contributed by atoms with Gasteiger partial charge in [-0.1, -0.05) is 12.1 Å². The summed E-state index contributed by atoms with van der Waals surface area (Å²) in [5.41, 5.74) is 2.34. The lowest BCUT2D eigenvalue weighted by Gasteiger charge is -2.37. The van der Waals surface area contributed by atoms with E-state index in [9.17, 15) is 4.79 Å². The van der Waals surface area contributed by atoms with Crippen LogP contribution in [0, 0.1) is 0 Å². The Hall–Kier alpha value is -2.74. The molecule has 1 saturated heterocycles. The number of thiazole rings is 1. The average Bonchev–Trinajstić information content (AvgIpc) is 3.23. The van der Waals surface area contributed by atoms with Crippen LogP contribution in [0.25, 0.3) is 21.2 Å². The molecule has 1 aliphatic heterocycles. The highest BCUT2D eigenvalue weighted by Gasteiger charge is 2.24. The van der Waals surface area contributed by atoms with Gasteiger partial charge in [-0.3, -0.25) is 9.80 Å². The minimum atomic E-state index is -0.321. The van der Waals surface area contributed by atoms with Gasteiger partial charge in [0.1, 0.15) is 16.3 Å². The molecule has 1 unspecified atom stereocenters. The lowest BCUT2D eigenvalue weighted by Crippen LogP contribution is -2.46. The van der Waals surface area contributed by atoms with Crippen LogP contribution in [0.4, 0.5) is 0 Å². The Kier molecular flexibility index (Phi) is 5.48. The first-order valence-electron chi connectivity index (χ1n) is 10.5. The summed E-state index contributed by atoms with van der Waals surface area (Å²) in [6.45, 7) is 6.84. The molecule has 0 amide bonds. The van der Waals surface area contributed by atoms with Crippen molar-refractivity contribution in [2.24, 2.45) is 0 Å². The van der Waals surface area contributed by atoms with Crippen LogP contribution in [0.5, 0.6) is 5.75 Å². The summed E-state index contributed by atoms with van der Waals surface area (Å²) in [5.74, 6) is 0.685. The van der Waals surface area contributed by atoms with Gasteiger partial charge in [-0.2, -0.15) is 0 Å². The van der Waals surface area contributed by atoms with Gasteiger partial charge in [0.2, 0.25) is 0 Å². The molecule has 31 heavy (non-hydrogen) atoms. The van der Waals surface area contributed by atoms with Gasteiger partial charge < -0.3 is 9.15 Å². The predicted molar refractivity (Wildman–Crippen MR) is 124 cm³/mol. The molecular formula is C24H25N3O3S. The van der Waals surface area contributed by atoms with E-state index in [2.05, 4.69) is 34.9 Å². The molecule has 4 aromatic rings. The first-order valence-corrected chi connectivity index (χ1v) is 11.3. The second-order valence-corrected chi connectivity index (χ2v) is 9.02. The van der Waals surface area contributed by atoms with E-state index in [1.165, 1.54) is 9.71 Å². The van der Waals surface area contributed by atoms with Crippen LogP contribution in [0.1, 0.15) is 23.5 Å². The monoisotopic (exact) mass is 435 g/mol. The Balaban J connectivity index is 1.28. The van der Waals surface area contributed by atoms with Gasteiger partial charge in [0, 0.05) is 50.2 Å². The van der Waals surface area contributed by atoms with Crippen LogP contribution in [0.2, 0.25) is 0 Å². The molecule has 0 saturated carbocycles. The van der Waals surface area contributed by atoms with Crippen molar-refractivity contribution in [2.75, 3.05) is 33.3 Å².